The molecule has 0 aliphatic rings. The number of aromatic nitrogens is 2. The van der Waals surface area contributed by atoms with E-state index in [4.69, 9.17) is 0 Å². The van der Waals surface area contributed by atoms with Gasteiger partial charge in [0.05, 0.1) is 10.2 Å². The minimum absolute atomic E-state index is 0.0324. The third kappa shape index (κ3) is 3.54. The molecule has 0 saturated heterocycles. The van der Waals surface area contributed by atoms with Crippen molar-refractivity contribution >= 4 is 48.1 Å². The lowest BCUT2D eigenvalue weighted by atomic mass is 10.1. The van der Waals surface area contributed by atoms with Gasteiger partial charge in [0.15, 0.2) is 0 Å². The molecule has 0 radical (unpaired) electrons. The molecule has 25 heavy (non-hydrogen) atoms. The molecule has 1 amide bonds. The maximum atomic E-state index is 12.6. The molecule has 0 aliphatic carbocycles. The van der Waals surface area contributed by atoms with Crippen LogP contribution in [0, 0.1) is 0 Å². The number of carbonyl (C=O) groups is 1. The molecule has 0 atom stereocenters. The molecule has 0 aliphatic heterocycles. The van der Waals surface area contributed by atoms with Crippen LogP contribution in [0.2, 0.25) is 0 Å². The summed E-state index contributed by atoms with van der Waals surface area (Å²) in [5, 5.41) is 4.29. The van der Waals surface area contributed by atoms with E-state index in [2.05, 4.69) is 31.2 Å². The summed E-state index contributed by atoms with van der Waals surface area (Å²) in [5.74, 6) is -0.655. The van der Waals surface area contributed by atoms with Crippen molar-refractivity contribution < 1.29 is 13.2 Å². The first-order valence-electron chi connectivity index (χ1n) is 7.47. The molecule has 2 aromatic carbocycles. The second-order valence-corrected chi connectivity index (χ2v) is 8.26. The molecular formula is C17H14BrN3O3S. The number of benzene rings is 2. The van der Waals surface area contributed by atoms with Gasteiger partial charge in [0.1, 0.15) is 5.69 Å². The molecule has 0 bridgehead atoms. The fourth-order valence-electron chi connectivity index (χ4n) is 2.31. The second-order valence-electron chi connectivity index (χ2n) is 5.23. The summed E-state index contributed by atoms with van der Waals surface area (Å²) in [6, 6.07) is 13.2. The number of hydrogen-bond donors (Lipinski definition) is 1. The van der Waals surface area contributed by atoms with Crippen LogP contribution in [0.25, 0.3) is 10.8 Å². The van der Waals surface area contributed by atoms with E-state index in [0.29, 0.717) is 10.2 Å². The van der Waals surface area contributed by atoms with E-state index in [0.717, 1.165) is 10.8 Å². The van der Waals surface area contributed by atoms with E-state index < -0.39 is 15.7 Å². The SMILES string of the molecule is CCS(=O)(=O)c1ncc(Br)c(C(=O)Nc2cccc3ccccc23)n1. The van der Waals surface area contributed by atoms with Gasteiger partial charge in [-0.25, -0.2) is 18.4 Å². The van der Waals surface area contributed by atoms with Gasteiger partial charge >= 0.3 is 0 Å². The average molecular weight is 420 g/mol. The number of amides is 1. The summed E-state index contributed by atoms with van der Waals surface area (Å²) in [7, 11) is -3.60. The largest absolute Gasteiger partial charge is 0.320 e. The van der Waals surface area contributed by atoms with E-state index in [1.54, 1.807) is 6.07 Å². The molecular weight excluding hydrogens is 406 g/mol. The molecule has 3 rings (SSSR count). The minimum Gasteiger partial charge on any atom is -0.320 e. The third-order valence-electron chi connectivity index (χ3n) is 3.63. The highest BCUT2D eigenvalue weighted by molar-refractivity contribution is 9.10. The number of hydrogen-bond acceptors (Lipinski definition) is 5. The Morgan fingerprint density at radius 2 is 1.88 bits per heavy atom. The average Bonchev–Trinajstić information content (AvgIpc) is 2.62. The molecule has 128 valence electrons. The zero-order valence-corrected chi connectivity index (χ0v) is 15.6. The van der Waals surface area contributed by atoms with Gasteiger partial charge in [0.2, 0.25) is 15.0 Å². The van der Waals surface area contributed by atoms with Crippen LogP contribution < -0.4 is 5.32 Å². The highest BCUT2D eigenvalue weighted by Crippen LogP contribution is 2.24. The summed E-state index contributed by atoms with van der Waals surface area (Å²) in [4.78, 5) is 20.3. The van der Waals surface area contributed by atoms with E-state index >= 15 is 0 Å². The van der Waals surface area contributed by atoms with Crippen LogP contribution in [0.3, 0.4) is 0 Å². The highest BCUT2D eigenvalue weighted by Gasteiger charge is 2.21. The number of nitrogens with zero attached hydrogens (tertiary/aromatic N) is 2. The first-order valence-corrected chi connectivity index (χ1v) is 9.91. The highest BCUT2D eigenvalue weighted by atomic mass is 79.9. The number of fused-ring (bicyclic) bond motifs is 1. The van der Waals surface area contributed by atoms with Crippen LogP contribution in [0.15, 0.2) is 58.3 Å². The molecule has 6 nitrogen and oxygen atoms in total. The molecule has 1 aromatic heterocycles. The van der Waals surface area contributed by atoms with Crippen molar-refractivity contribution in [2.75, 3.05) is 11.1 Å². The molecule has 1 N–H and O–H groups in total. The zero-order valence-electron chi connectivity index (χ0n) is 13.2. The number of rotatable bonds is 4. The van der Waals surface area contributed by atoms with Crippen molar-refractivity contribution in [1.82, 2.24) is 9.97 Å². The Labute approximate surface area is 153 Å². The normalized spacial score (nSPS) is 11.4. The monoisotopic (exact) mass is 419 g/mol. The maximum Gasteiger partial charge on any atom is 0.275 e. The standard InChI is InChI=1S/C17H14BrN3O3S/c1-2-25(23,24)17-19-10-13(18)15(21-17)16(22)20-14-9-5-7-11-6-3-4-8-12(11)14/h3-10H,2H2,1H3,(H,20,22). The van der Waals surface area contributed by atoms with Gasteiger partial charge in [-0.3, -0.25) is 4.79 Å². The molecule has 0 unspecified atom stereocenters. The Balaban J connectivity index is 2.00. The number of anilines is 1. The predicted molar refractivity (Wildman–Crippen MR) is 99.4 cm³/mol. The molecule has 3 aromatic rings. The van der Waals surface area contributed by atoms with Gasteiger partial charge < -0.3 is 5.32 Å². The van der Waals surface area contributed by atoms with E-state index in [9.17, 15) is 13.2 Å². The van der Waals surface area contributed by atoms with Gasteiger partial charge in [0, 0.05) is 17.3 Å². The van der Waals surface area contributed by atoms with Crippen molar-refractivity contribution in [1.29, 1.82) is 0 Å². The number of sulfone groups is 1. The second kappa shape index (κ2) is 6.89. The van der Waals surface area contributed by atoms with Crippen molar-refractivity contribution in [2.45, 2.75) is 12.1 Å². The van der Waals surface area contributed by atoms with Gasteiger partial charge in [-0.1, -0.05) is 43.3 Å². The smallest absolute Gasteiger partial charge is 0.275 e. The van der Waals surface area contributed by atoms with Gasteiger partial charge in [-0.05, 0) is 27.4 Å². The zero-order chi connectivity index (χ0) is 18.0. The molecule has 0 spiro atoms. The van der Waals surface area contributed by atoms with Crippen LogP contribution in [0.1, 0.15) is 17.4 Å². The van der Waals surface area contributed by atoms with Gasteiger partial charge in [-0.15, -0.1) is 0 Å². The van der Waals surface area contributed by atoms with Crippen LogP contribution in [0.5, 0.6) is 0 Å². The number of nitrogens with one attached hydrogen (secondary N) is 1. The Hall–Kier alpha value is -2.32. The summed E-state index contributed by atoms with van der Waals surface area (Å²) >= 11 is 3.20. The third-order valence-corrected chi connectivity index (χ3v) is 5.73. The minimum atomic E-state index is -3.60. The van der Waals surface area contributed by atoms with Crippen LogP contribution >= 0.6 is 15.9 Å². The quantitative estimate of drug-likeness (QED) is 0.654. The predicted octanol–water partition coefficient (Wildman–Crippen LogP) is 3.44. The summed E-state index contributed by atoms with van der Waals surface area (Å²) < 4.78 is 24.2. The Kier molecular flexibility index (Phi) is 4.82. The van der Waals surface area contributed by atoms with Crippen molar-refractivity contribution in [3.63, 3.8) is 0 Å². The van der Waals surface area contributed by atoms with Crippen LogP contribution in [0.4, 0.5) is 5.69 Å². The number of carbonyl (C=O) groups excluding carboxylic acids is 1. The number of halogens is 1. The lowest BCUT2D eigenvalue weighted by Crippen LogP contribution is -2.18. The van der Waals surface area contributed by atoms with Crippen molar-refractivity contribution in [3.05, 3.63) is 58.8 Å². The fourth-order valence-corrected chi connectivity index (χ4v) is 3.38. The Morgan fingerprint density at radius 3 is 2.64 bits per heavy atom. The Bertz CT molecular complexity index is 1060. The molecule has 8 heteroatoms. The first-order chi connectivity index (χ1) is 11.9. The van der Waals surface area contributed by atoms with E-state index in [1.165, 1.54) is 13.1 Å². The summed E-state index contributed by atoms with van der Waals surface area (Å²) in [6.07, 6.45) is 1.27. The lowest BCUT2D eigenvalue weighted by molar-refractivity contribution is 0.102. The van der Waals surface area contributed by atoms with E-state index in [-0.39, 0.29) is 16.6 Å². The van der Waals surface area contributed by atoms with Gasteiger partial charge in [-0.2, -0.15) is 0 Å². The summed E-state index contributed by atoms with van der Waals surface area (Å²) in [6.45, 7) is 1.50. The van der Waals surface area contributed by atoms with E-state index in [1.807, 2.05) is 36.4 Å². The first kappa shape index (κ1) is 17.5. The van der Waals surface area contributed by atoms with Crippen LogP contribution in [-0.4, -0.2) is 30.0 Å². The van der Waals surface area contributed by atoms with Crippen LogP contribution in [-0.2, 0) is 9.84 Å². The van der Waals surface area contributed by atoms with Gasteiger partial charge in [0.25, 0.3) is 5.91 Å². The van der Waals surface area contributed by atoms with Crippen molar-refractivity contribution in [2.24, 2.45) is 0 Å². The topological polar surface area (TPSA) is 89.0 Å². The molecule has 0 saturated carbocycles. The molecule has 1 heterocycles. The lowest BCUT2D eigenvalue weighted by Gasteiger charge is -2.10. The maximum absolute atomic E-state index is 12.6. The molecule has 0 fully saturated rings. The fraction of sp³-hybridized carbons (Fsp3) is 0.118. The van der Waals surface area contributed by atoms with Crippen molar-refractivity contribution in [3.8, 4) is 0 Å². The Morgan fingerprint density at radius 1 is 1.16 bits per heavy atom. The summed E-state index contributed by atoms with van der Waals surface area (Å²) in [5.41, 5.74) is 0.587.